The second kappa shape index (κ2) is 9.04. The van der Waals surface area contributed by atoms with Gasteiger partial charge in [0.05, 0.1) is 6.04 Å². The lowest BCUT2D eigenvalue weighted by molar-refractivity contribution is -0.136. The molecule has 5 nitrogen and oxygen atoms in total. The summed E-state index contributed by atoms with van der Waals surface area (Å²) in [4.78, 5) is 28.8. The molecule has 140 valence electrons. The number of nitrogens with zero attached hydrogens (tertiary/aromatic N) is 2. The molecule has 1 saturated heterocycles. The molecule has 1 heterocycles. The molecule has 2 N–H and O–H groups in total. The lowest BCUT2D eigenvalue weighted by Crippen LogP contribution is -2.51. The Kier molecular flexibility index (Phi) is 8.00. The summed E-state index contributed by atoms with van der Waals surface area (Å²) in [5.74, 6) is 0.867. The zero-order valence-electron chi connectivity index (χ0n) is 15.4. The van der Waals surface area contributed by atoms with Gasteiger partial charge < -0.3 is 15.5 Å². The number of rotatable bonds is 3. The van der Waals surface area contributed by atoms with E-state index in [2.05, 4.69) is 0 Å². The third-order valence-electron chi connectivity index (χ3n) is 5.30. The maximum atomic E-state index is 12.6. The van der Waals surface area contributed by atoms with Gasteiger partial charge in [-0.1, -0.05) is 33.6 Å². The first kappa shape index (κ1) is 21.2. The molecule has 0 radical (unpaired) electrons. The van der Waals surface area contributed by atoms with E-state index in [4.69, 9.17) is 5.73 Å². The Hall–Kier alpha value is -0.810. The van der Waals surface area contributed by atoms with Crippen molar-refractivity contribution in [1.29, 1.82) is 0 Å². The van der Waals surface area contributed by atoms with Crippen LogP contribution in [0.25, 0.3) is 0 Å². The molecule has 2 fully saturated rings. The first-order valence-corrected chi connectivity index (χ1v) is 9.11. The standard InChI is InChI=1S/C18H33N3O2.ClH/c1-18(2,3)16(19)17(23)21-10-6-9-20(11-12-21)15(22)13-14-7-4-5-8-14;/h14,16H,4-13,19H2,1-3H3;1H/t16-;/m1./s1. The Balaban J connectivity index is 0.00000288. The smallest absolute Gasteiger partial charge is 0.240 e. The number of carbonyl (C=O) groups excluding carboxylic acids is 2. The molecule has 1 aliphatic carbocycles. The van der Waals surface area contributed by atoms with Crippen molar-refractivity contribution in [3.05, 3.63) is 0 Å². The highest BCUT2D eigenvalue weighted by Gasteiger charge is 2.32. The predicted molar refractivity (Wildman–Crippen MR) is 99.0 cm³/mol. The molecule has 2 aliphatic rings. The van der Waals surface area contributed by atoms with E-state index in [1.807, 2.05) is 30.6 Å². The molecule has 0 aromatic heterocycles. The summed E-state index contributed by atoms with van der Waals surface area (Å²) < 4.78 is 0. The topological polar surface area (TPSA) is 66.6 Å². The fraction of sp³-hybridized carbons (Fsp3) is 0.889. The molecule has 0 aromatic carbocycles. The van der Waals surface area contributed by atoms with Crippen LogP contribution in [0.3, 0.4) is 0 Å². The number of carbonyl (C=O) groups is 2. The van der Waals surface area contributed by atoms with Gasteiger partial charge in [-0.15, -0.1) is 12.4 Å². The molecule has 24 heavy (non-hydrogen) atoms. The van der Waals surface area contributed by atoms with Crippen molar-refractivity contribution in [3.8, 4) is 0 Å². The third kappa shape index (κ3) is 5.62. The first-order valence-electron chi connectivity index (χ1n) is 9.11. The monoisotopic (exact) mass is 359 g/mol. The zero-order chi connectivity index (χ0) is 17.0. The maximum Gasteiger partial charge on any atom is 0.240 e. The second-order valence-corrected chi connectivity index (χ2v) is 8.26. The molecule has 1 aliphatic heterocycles. The Morgan fingerprint density at radius 2 is 1.54 bits per heavy atom. The zero-order valence-corrected chi connectivity index (χ0v) is 16.2. The van der Waals surface area contributed by atoms with Gasteiger partial charge in [0.2, 0.25) is 11.8 Å². The molecule has 2 rings (SSSR count). The van der Waals surface area contributed by atoms with E-state index in [1.165, 1.54) is 25.7 Å². The Morgan fingerprint density at radius 3 is 2.12 bits per heavy atom. The minimum Gasteiger partial charge on any atom is -0.341 e. The van der Waals surface area contributed by atoms with Crippen LogP contribution in [0, 0.1) is 11.3 Å². The van der Waals surface area contributed by atoms with Crippen LogP contribution >= 0.6 is 12.4 Å². The van der Waals surface area contributed by atoms with Gasteiger partial charge in [0.1, 0.15) is 0 Å². The minimum absolute atomic E-state index is 0. The van der Waals surface area contributed by atoms with Crippen LogP contribution in [0.15, 0.2) is 0 Å². The number of amides is 2. The number of halogens is 1. The number of hydrogen-bond donors (Lipinski definition) is 1. The lowest BCUT2D eigenvalue weighted by Gasteiger charge is -2.31. The van der Waals surface area contributed by atoms with Crippen molar-refractivity contribution in [2.45, 2.75) is 65.3 Å². The van der Waals surface area contributed by atoms with E-state index < -0.39 is 6.04 Å². The van der Waals surface area contributed by atoms with Gasteiger partial charge in [-0.25, -0.2) is 0 Å². The summed E-state index contributed by atoms with van der Waals surface area (Å²) in [5.41, 5.74) is 5.87. The van der Waals surface area contributed by atoms with Crippen molar-refractivity contribution in [1.82, 2.24) is 9.80 Å². The van der Waals surface area contributed by atoms with Gasteiger partial charge in [-0.3, -0.25) is 9.59 Å². The molecule has 0 unspecified atom stereocenters. The SMILES string of the molecule is CC(C)(C)[C@H](N)C(=O)N1CCCN(C(=O)CC2CCCC2)CC1.Cl. The van der Waals surface area contributed by atoms with Crippen LogP contribution in [0.2, 0.25) is 0 Å². The fourth-order valence-electron chi connectivity index (χ4n) is 3.54. The van der Waals surface area contributed by atoms with Crippen molar-refractivity contribution in [2.24, 2.45) is 17.1 Å². The molecule has 6 heteroatoms. The summed E-state index contributed by atoms with van der Waals surface area (Å²) in [5, 5.41) is 0. The highest BCUT2D eigenvalue weighted by molar-refractivity contribution is 5.85. The van der Waals surface area contributed by atoms with Crippen molar-refractivity contribution < 1.29 is 9.59 Å². The van der Waals surface area contributed by atoms with Crippen LogP contribution in [-0.2, 0) is 9.59 Å². The largest absolute Gasteiger partial charge is 0.341 e. The van der Waals surface area contributed by atoms with Gasteiger partial charge in [0, 0.05) is 32.6 Å². The molecule has 2 amide bonds. The number of hydrogen-bond acceptors (Lipinski definition) is 3. The van der Waals surface area contributed by atoms with Crippen molar-refractivity contribution in [3.63, 3.8) is 0 Å². The molecule has 0 aromatic rings. The molecule has 1 saturated carbocycles. The Bertz CT molecular complexity index is 430. The predicted octanol–water partition coefficient (Wildman–Crippen LogP) is 2.42. The summed E-state index contributed by atoms with van der Waals surface area (Å²) in [6, 6.07) is -0.483. The van der Waals surface area contributed by atoms with Crippen LogP contribution in [0.5, 0.6) is 0 Å². The summed E-state index contributed by atoms with van der Waals surface area (Å²) in [6.07, 6.45) is 6.47. The molecular weight excluding hydrogens is 326 g/mol. The minimum atomic E-state index is -0.483. The summed E-state index contributed by atoms with van der Waals surface area (Å²) >= 11 is 0. The van der Waals surface area contributed by atoms with Gasteiger partial charge in [-0.05, 0) is 30.6 Å². The molecular formula is C18H34ClN3O2. The van der Waals surface area contributed by atoms with E-state index in [9.17, 15) is 9.59 Å². The van der Waals surface area contributed by atoms with E-state index in [0.29, 0.717) is 32.0 Å². The molecule has 1 atom stereocenters. The second-order valence-electron chi connectivity index (χ2n) is 8.26. The maximum absolute atomic E-state index is 12.6. The van der Waals surface area contributed by atoms with Gasteiger partial charge >= 0.3 is 0 Å². The van der Waals surface area contributed by atoms with Crippen LogP contribution in [0.4, 0.5) is 0 Å². The van der Waals surface area contributed by atoms with Crippen molar-refractivity contribution in [2.75, 3.05) is 26.2 Å². The van der Waals surface area contributed by atoms with Crippen LogP contribution in [0.1, 0.15) is 59.3 Å². The Labute approximate surface area is 152 Å². The van der Waals surface area contributed by atoms with Gasteiger partial charge in [0.25, 0.3) is 0 Å². The molecule has 0 spiro atoms. The lowest BCUT2D eigenvalue weighted by atomic mass is 9.86. The normalized spacial score (nSPS) is 21.2. The first-order chi connectivity index (χ1) is 10.8. The molecule has 0 bridgehead atoms. The van der Waals surface area contributed by atoms with Crippen LogP contribution in [-0.4, -0.2) is 53.8 Å². The van der Waals surface area contributed by atoms with E-state index in [0.717, 1.165) is 13.0 Å². The summed E-state index contributed by atoms with van der Waals surface area (Å²) in [6.45, 7) is 8.70. The van der Waals surface area contributed by atoms with E-state index in [1.54, 1.807) is 0 Å². The average Bonchev–Trinajstić information content (AvgIpc) is 2.86. The highest BCUT2D eigenvalue weighted by Crippen LogP contribution is 2.28. The van der Waals surface area contributed by atoms with E-state index in [-0.39, 0.29) is 29.6 Å². The third-order valence-corrected chi connectivity index (χ3v) is 5.30. The fourth-order valence-corrected chi connectivity index (χ4v) is 3.54. The number of nitrogens with two attached hydrogens (primary N) is 1. The van der Waals surface area contributed by atoms with Gasteiger partial charge in [0.15, 0.2) is 0 Å². The average molecular weight is 360 g/mol. The van der Waals surface area contributed by atoms with Crippen molar-refractivity contribution >= 4 is 24.2 Å². The van der Waals surface area contributed by atoms with E-state index >= 15 is 0 Å². The quantitative estimate of drug-likeness (QED) is 0.841. The van der Waals surface area contributed by atoms with Crippen LogP contribution < -0.4 is 5.73 Å². The summed E-state index contributed by atoms with van der Waals surface area (Å²) in [7, 11) is 0. The van der Waals surface area contributed by atoms with Gasteiger partial charge in [-0.2, -0.15) is 0 Å². The Morgan fingerprint density at radius 1 is 1.00 bits per heavy atom. The highest BCUT2D eigenvalue weighted by atomic mass is 35.5.